The first-order chi connectivity index (χ1) is 15.3. The standard InChI is InChI=1S/C25H30N4O2S/c1-17(20-10-13-27-28-20)23-21(8-5-9-22(23)32(2,30)31)29-14-11-25(12-15-29)16-18-6-3-4-7-19(18)24(25)26/h3-9,24,27H,1,10-16,26H2,2H3/t24-/m1/s1. The van der Waals surface area contributed by atoms with Gasteiger partial charge >= 0.3 is 0 Å². The number of nitrogens with one attached hydrogen (secondary N) is 1. The maximum Gasteiger partial charge on any atom is 0.176 e. The van der Waals surface area contributed by atoms with E-state index < -0.39 is 9.84 Å². The lowest BCUT2D eigenvalue weighted by atomic mass is 9.73. The van der Waals surface area contributed by atoms with Crippen LogP contribution in [0.3, 0.4) is 0 Å². The number of benzene rings is 2. The van der Waals surface area contributed by atoms with Crippen LogP contribution in [0, 0.1) is 5.41 Å². The summed E-state index contributed by atoms with van der Waals surface area (Å²) in [4.78, 5) is 2.62. The Balaban J connectivity index is 1.47. The highest BCUT2D eigenvalue weighted by molar-refractivity contribution is 7.90. The van der Waals surface area contributed by atoms with Crippen molar-refractivity contribution in [3.8, 4) is 0 Å². The first kappa shape index (κ1) is 21.2. The summed E-state index contributed by atoms with van der Waals surface area (Å²) in [5.41, 5.74) is 15.6. The van der Waals surface area contributed by atoms with Crippen molar-refractivity contribution in [2.75, 3.05) is 30.8 Å². The lowest BCUT2D eigenvalue weighted by molar-refractivity contribution is 0.187. The summed E-state index contributed by atoms with van der Waals surface area (Å²) in [6.45, 7) is 6.68. The molecule has 0 amide bonds. The first-order valence-electron chi connectivity index (χ1n) is 11.2. The van der Waals surface area contributed by atoms with Gasteiger partial charge in [-0.05, 0) is 47.9 Å². The number of hydrogen-bond donors (Lipinski definition) is 2. The van der Waals surface area contributed by atoms with E-state index in [1.54, 1.807) is 6.07 Å². The third kappa shape index (κ3) is 3.44. The van der Waals surface area contributed by atoms with Crippen molar-refractivity contribution in [2.24, 2.45) is 16.3 Å². The molecule has 0 radical (unpaired) electrons. The van der Waals surface area contributed by atoms with Crippen molar-refractivity contribution in [3.63, 3.8) is 0 Å². The van der Waals surface area contributed by atoms with Crippen molar-refractivity contribution in [1.29, 1.82) is 0 Å². The van der Waals surface area contributed by atoms with Gasteiger partial charge < -0.3 is 16.1 Å². The number of hydrogen-bond acceptors (Lipinski definition) is 6. The lowest BCUT2D eigenvalue weighted by Crippen LogP contribution is -2.44. The van der Waals surface area contributed by atoms with Gasteiger partial charge in [-0.1, -0.05) is 36.9 Å². The second-order valence-electron chi connectivity index (χ2n) is 9.32. The fourth-order valence-electron chi connectivity index (χ4n) is 5.64. The molecular formula is C25H30N4O2S. The van der Waals surface area contributed by atoms with Crippen molar-refractivity contribution in [3.05, 3.63) is 65.7 Å². The molecule has 3 N–H and O–H groups in total. The van der Waals surface area contributed by atoms with Crippen molar-refractivity contribution < 1.29 is 8.42 Å². The van der Waals surface area contributed by atoms with Crippen LogP contribution in [0.15, 0.2) is 59.0 Å². The number of hydrazone groups is 1. The van der Waals surface area contributed by atoms with E-state index in [0.717, 1.165) is 56.7 Å². The van der Waals surface area contributed by atoms with Crippen LogP contribution in [0.5, 0.6) is 0 Å². The number of allylic oxidation sites excluding steroid dienone is 1. The van der Waals surface area contributed by atoms with Crippen LogP contribution < -0.4 is 16.1 Å². The van der Waals surface area contributed by atoms with Crippen LogP contribution in [0.2, 0.25) is 0 Å². The topological polar surface area (TPSA) is 87.8 Å². The predicted molar refractivity (Wildman–Crippen MR) is 130 cm³/mol. The number of nitrogens with two attached hydrogens (primary N) is 1. The summed E-state index contributed by atoms with van der Waals surface area (Å²) in [7, 11) is -3.42. The summed E-state index contributed by atoms with van der Waals surface area (Å²) in [6.07, 6.45) is 4.97. The van der Waals surface area contributed by atoms with Gasteiger partial charge in [-0.25, -0.2) is 8.42 Å². The molecule has 2 aromatic rings. The second-order valence-corrected chi connectivity index (χ2v) is 11.3. The van der Waals surface area contributed by atoms with Gasteiger partial charge in [-0.2, -0.15) is 5.10 Å². The predicted octanol–water partition coefficient (Wildman–Crippen LogP) is 3.30. The van der Waals surface area contributed by atoms with E-state index in [0.29, 0.717) is 16.0 Å². The Labute approximate surface area is 190 Å². The fraction of sp³-hybridized carbons (Fsp3) is 0.400. The number of rotatable bonds is 4. The molecule has 1 fully saturated rings. The van der Waals surface area contributed by atoms with Gasteiger partial charge in [-0.3, -0.25) is 0 Å². The van der Waals surface area contributed by atoms with E-state index in [2.05, 4.69) is 46.3 Å². The first-order valence-corrected chi connectivity index (χ1v) is 13.1. The Morgan fingerprint density at radius 2 is 1.94 bits per heavy atom. The molecule has 2 aromatic carbocycles. The Morgan fingerprint density at radius 1 is 1.19 bits per heavy atom. The molecular weight excluding hydrogens is 420 g/mol. The van der Waals surface area contributed by atoms with Crippen molar-refractivity contribution in [2.45, 2.75) is 36.6 Å². The summed E-state index contributed by atoms with van der Waals surface area (Å²) >= 11 is 0. The molecule has 1 aliphatic carbocycles. The zero-order valence-electron chi connectivity index (χ0n) is 18.5. The quantitative estimate of drug-likeness (QED) is 0.746. The van der Waals surface area contributed by atoms with Crippen LogP contribution in [0.4, 0.5) is 5.69 Å². The van der Waals surface area contributed by atoms with Gasteiger partial charge in [0.05, 0.1) is 10.6 Å². The molecule has 168 valence electrons. The SMILES string of the molecule is C=C(C1=NNCC1)c1c(N2CCC3(CC2)Cc2ccccc2[C@H]3N)cccc1S(C)(=O)=O. The largest absolute Gasteiger partial charge is 0.371 e. The molecule has 5 rings (SSSR count). The molecule has 32 heavy (non-hydrogen) atoms. The number of fused-ring (bicyclic) bond motifs is 1. The van der Waals surface area contributed by atoms with Gasteiger partial charge in [0.25, 0.3) is 0 Å². The van der Waals surface area contributed by atoms with Gasteiger partial charge in [0.2, 0.25) is 0 Å². The zero-order chi connectivity index (χ0) is 22.5. The van der Waals surface area contributed by atoms with E-state index in [1.807, 2.05) is 12.1 Å². The Kier molecular flexibility index (Phi) is 5.13. The molecule has 6 nitrogen and oxygen atoms in total. The van der Waals surface area contributed by atoms with Crippen LogP contribution >= 0.6 is 0 Å². The molecule has 7 heteroatoms. The van der Waals surface area contributed by atoms with E-state index in [9.17, 15) is 8.42 Å². The minimum absolute atomic E-state index is 0.0524. The number of nitrogens with zero attached hydrogens (tertiary/aromatic N) is 2. The lowest BCUT2D eigenvalue weighted by Gasteiger charge is -2.43. The molecule has 2 heterocycles. The average molecular weight is 451 g/mol. The Morgan fingerprint density at radius 3 is 2.59 bits per heavy atom. The van der Waals surface area contributed by atoms with Crippen LogP contribution in [-0.2, 0) is 16.3 Å². The molecule has 0 saturated carbocycles. The Hall–Kier alpha value is -2.64. The molecule has 2 aliphatic heterocycles. The van der Waals surface area contributed by atoms with Crippen LogP contribution in [-0.4, -0.2) is 40.0 Å². The molecule has 0 bridgehead atoms. The van der Waals surface area contributed by atoms with Crippen molar-refractivity contribution >= 4 is 26.8 Å². The summed E-state index contributed by atoms with van der Waals surface area (Å²) in [5.74, 6) is 0. The average Bonchev–Trinajstić information content (AvgIpc) is 3.41. The summed E-state index contributed by atoms with van der Waals surface area (Å²) < 4.78 is 25.3. The van der Waals surface area contributed by atoms with E-state index >= 15 is 0 Å². The monoisotopic (exact) mass is 450 g/mol. The normalized spacial score (nSPS) is 21.9. The van der Waals surface area contributed by atoms with E-state index in [4.69, 9.17) is 5.73 Å². The van der Waals surface area contributed by atoms with Crippen molar-refractivity contribution in [1.82, 2.24) is 5.43 Å². The highest BCUT2D eigenvalue weighted by Crippen LogP contribution is 2.51. The molecule has 0 unspecified atom stereocenters. The fourth-order valence-corrected chi connectivity index (χ4v) is 6.56. The van der Waals surface area contributed by atoms with Crippen LogP contribution in [0.25, 0.3) is 5.57 Å². The van der Waals surface area contributed by atoms with Crippen LogP contribution in [0.1, 0.15) is 42.0 Å². The van der Waals surface area contributed by atoms with Gasteiger partial charge in [0.15, 0.2) is 9.84 Å². The minimum atomic E-state index is -3.42. The third-order valence-corrected chi connectivity index (χ3v) is 8.57. The maximum atomic E-state index is 12.6. The Bertz CT molecular complexity index is 1210. The maximum absolute atomic E-state index is 12.6. The molecule has 1 atom stereocenters. The highest BCUT2D eigenvalue weighted by Gasteiger charge is 2.46. The third-order valence-electron chi connectivity index (χ3n) is 7.43. The molecule has 0 aromatic heterocycles. The van der Waals surface area contributed by atoms with Gasteiger partial charge in [0, 0.05) is 55.2 Å². The molecule has 1 saturated heterocycles. The van der Waals surface area contributed by atoms with E-state index in [1.165, 1.54) is 17.4 Å². The van der Waals surface area contributed by atoms with Gasteiger partial charge in [-0.15, -0.1) is 0 Å². The summed E-state index contributed by atoms with van der Waals surface area (Å²) in [6, 6.07) is 14.1. The number of sulfone groups is 1. The molecule has 1 spiro atoms. The smallest absolute Gasteiger partial charge is 0.176 e. The molecule has 3 aliphatic rings. The number of anilines is 1. The van der Waals surface area contributed by atoms with E-state index in [-0.39, 0.29) is 11.5 Å². The zero-order valence-corrected chi connectivity index (χ0v) is 19.3. The summed E-state index contributed by atoms with van der Waals surface area (Å²) in [5, 5.41) is 4.35. The van der Waals surface area contributed by atoms with Gasteiger partial charge in [0.1, 0.15) is 0 Å². The minimum Gasteiger partial charge on any atom is -0.371 e. The number of piperidine rings is 1. The highest BCUT2D eigenvalue weighted by atomic mass is 32.2. The second kappa shape index (κ2) is 7.74.